The maximum atomic E-state index is 11.7. The van der Waals surface area contributed by atoms with Crippen molar-refractivity contribution < 1.29 is 9.53 Å². The first-order chi connectivity index (χ1) is 14.0. The van der Waals surface area contributed by atoms with Crippen molar-refractivity contribution in [3.63, 3.8) is 0 Å². The molecule has 0 aliphatic heterocycles. The molecule has 0 aromatic heterocycles. The molecule has 156 valence electrons. The fourth-order valence-corrected chi connectivity index (χ4v) is 2.85. The number of nitrogens with zero attached hydrogens (tertiary/aromatic N) is 1. The van der Waals surface area contributed by atoms with Gasteiger partial charge in [-0.05, 0) is 47.7 Å². The molecule has 2 rings (SSSR count). The molecular formula is C23H32N4O2. The summed E-state index contributed by atoms with van der Waals surface area (Å²) in [6.45, 7) is 6.27. The molecule has 0 unspecified atom stereocenters. The van der Waals surface area contributed by atoms with Crippen molar-refractivity contribution in [3.05, 3.63) is 65.2 Å². The van der Waals surface area contributed by atoms with E-state index in [2.05, 4.69) is 46.9 Å². The topological polar surface area (TPSA) is 74.8 Å². The quantitative estimate of drug-likeness (QED) is 0.346. The third-order valence-corrected chi connectivity index (χ3v) is 4.56. The minimum absolute atomic E-state index is 0.0730. The molecule has 2 aromatic carbocycles. The van der Waals surface area contributed by atoms with Gasteiger partial charge in [0, 0.05) is 26.2 Å². The van der Waals surface area contributed by atoms with Gasteiger partial charge in [-0.3, -0.25) is 9.79 Å². The van der Waals surface area contributed by atoms with Crippen molar-refractivity contribution in [1.29, 1.82) is 0 Å². The Hall–Kier alpha value is -3.02. The Morgan fingerprint density at radius 3 is 2.45 bits per heavy atom. The van der Waals surface area contributed by atoms with Gasteiger partial charge in [-0.1, -0.05) is 38.1 Å². The number of aliphatic imine (C=N–C) groups is 1. The molecule has 0 spiro atoms. The number of rotatable bonds is 9. The zero-order valence-electron chi connectivity index (χ0n) is 17.8. The fourth-order valence-electron chi connectivity index (χ4n) is 2.85. The molecule has 0 fully saturated rings. The number of amides is 1. The molecule has 0 atom stereocenters. The molecule has 6 nitrogen and oxygen atoms in total. The van der Waals surface area contributed by atoms with Crippen LogP contribution in [-0.4, -0.2) is 45.7 Å². The predicted molar refractivity (Wildman–Crippen MR) is 119 cm³/mol. The van der Waals surface area contributed by atoms with Crippen LogP contribution < -0.4 is 20.7 Å². The molecule has 0 aliphatic rings. The lowest BCUT2D eigenvalue weighted by molar-refractivity contribution is 0.0963. The fraction of sp³-hybridized carbons (Fsp3) is 0.391. The summed E-state index contributed by atoms with van der Waals surface area (Å²) in [7, 11) is 3.38. The molecule has 0 bridgehead atoms. The van der Waals surface area contributed by atoms with Gasteiger partial charge >= 0.3 is 0 Å². The molecule has 0 aliphatic carbocycles. The smallest absolute Gasteiger partial charge is 0.251 e. The van der Waals surface area contributed by atoms with Gasteiger partial charge < -0.3 is 20.7 Å². The van der Waals surface area contributed by atoms with Crippen LogP contribution in [0.2, 0.25) is 0 Å². The van der Waals surface area contributed by atoms with Crippen LogP contribution in [0.3, 0.4) is 0 Å². The number of ether oxygens (including phenoxy) is 1. The van der Waals surface area contributed by atoms with Crippen molar-refractivity contribution in [1.82, 2.24) is 16.0 Å². The summed E-state index contributed by atoms with van der Waals surface area (Å²) in [5.41, 5.74) is 3.08. The number of benzene rings is 2. The van der Waals surface area contributed by atoms with E-state index in [-0.39, 0.29) is 5.91 Å². The van der Waals surface area contributed by atoms with Crippen LogP contribution in [-0.2, 0) is 6.42 Å². The van der Waals surface area contributed by atoms with Crippen LogP contribution in [0.5, 0.6) is 5.75 Å². The highest BCUT2D eigenvalue weighted by Crippen LogP contribution is 2.18. The molecule has 2 aromatic rings. The van der Waals surface area contributed by atoms with Crippen LogP contribution >= 0.6 is 0 Å². The normalized spacial score (nSPS) is 11.3. The van der Waals surface area contributed by atoms with Gasteiger partial charge in [-0.2, -0.15) is 0 Å². The van der Waals surface area contributed by atoms with Crippen LogP contribution in [0.25, 0.3) is 0 Å². The highest BCUT2D eigenvalue weighted by atomic mass is 16.5. The maximum absolute atomic E-state index is 11.7. The van der Waals surface area contributed by atoms with E-state index in [9.17, 15) is 4.79 Å². The van der Waals surface area contributed by atoms with E-state index < -0.39 is 0 Å². The zero-order valence-corrected chi connectivity index (χ0v) is 17.8. The Balaban J connectivity index is 1.69. The number of guanidine groups is 1. The standard InChI is InChI=1S/C23H32N4O2/c1-17(2)19-8-10-21(11-9-19)29-15-14-27-23(25-4)26-13-12-18-6-5-7-20(16-18)22(28)24-3/h5-11,16-17H,12-15H2,1-4H3,(H,24,28)(H2,25,26,27). The summed E-state index contributed by atoms with van der Waals surface area (Å²) in [5.74, 6) is 2.05. The second kappa shape index (κ2) is 11.7. The summed E-state index contributed by atoms with van der Waals surface area (Å²) in [4.78, 5) is 16.0. The van der Waals surface area contributed by atoms with Gasteiger partial charge in [0.2, 0.25) is 0 Å². The summed E-state index contributed by atoms with van der Waals surface area (Å²) in [6.07, 6.45) is 0.796. The van der Waals surface area contributed by atoms with Gasteiger partial charge in [0.25, 0.3) is 5.91 Å². The van der Waals surface area contributed by atoms with E-state index in [1.165, 1.54) is 5.56 Å². The Bertz CT molecular complexity index is 801. The minimum atomic E-state index is -0.0730. The predicted octanol–water partition coefficient (Wildman–Crippen LogP) is 2.96. The summed E-state index contributed by atoms with van der Waals surface area (Å²) < 4.78 is 5.77. The number of hydrogen-bond acceptors (Lipinski definition) is 3. The molecule has 0 radical (unpaired) electrons. The van der Waals surface area contributed by atoms with E-state index in [4.69, 9.17) is 4.74 Å². The van der Waals surface area contributed by atoms with E-state index in [1.807, 2.05) is 36.4 Å². The Labute approximate surface area is 173 Å². The van der Waals surface area contributed by atoms with Crippen molar-refractivity contribution >= 4 is 11.9 Å². The highest BCUT2D eigenvalue weighted by Gasteiger charge is 2.04. The van der Waals surface area contributed by atoms with Crippen molar-refractivity contribution in [2.45, 2.75) is 26.2 Å². The maximum Gasteiger partial charge on any atom is 0.251 e. The second-order valence-electron chi connectivity index (χ2n) is 7.03. The van der Waals surface area contributed by atoms with Crippen molar-refractivity contribution in [2.75, 3.05) is 33.8 Å². The van der Waals surface area contributed by atoms with Crippen molar-refractivity contribution in [3.8, 4) is 5.75 Å². The number of carbonyl (C=O) groups is 1. The lowest BCUT2D eigenvalue weighted by atomic mass is 10.0. The average Bonchev–Trinajstić information content (AvgIpc) is 2.75. The number of nitrogens with one attached hydrogen (secondary N) is 3. The molecule has 0 heterocycles. The van der Waals surface area contributed by atoms with Crippen molar-refractivity contribution in [2.24, 2.45) is 4.99 Å². The molecule has 6 heteroatoms. The summed E-state index contributed by atoms with van der Waals surface area (Å²) in [5, 5.41) is 9.17. The third-order valence-electron chi connectivity index (χ3n) is 4.56. The number of hydrogen-bond donors (Lipinski definition) is 3. The first kappa shape index (κ1) is 22.3. The Morgan fingerprint density at radius 2 is 1.79 bits per heavy atom. The van der Waals surface area contributed by atoms with E-state index in [1.54, 1.807) is 14.1 Å². The summed E-state index contributed by atoms with van der Waals surface area (Å²) >= 11 is 0. The van der Waals surface area contributed by atoms with Gasteiger partial charge in [-0.15, -0.1) is 0 Å². The van der Waals surface area contributed by atoms with E-state index >= 15 is 0 Å². The lowest BCUT2D eigenvalue weighted by Gasteiger charge is -2.13. The minimum Gasteiger partial charge on any atom is -0.492 e. The van der Waals surface area contributed by atoms with Gasteiger partial charge in [0.1, 0.15) is 12.4 Å². The van der Waals surface area contributed by atoms with Gasteiger partial charge in [0.05, 0.1) is 6.54 Å². The Morgan fingerprint density at radius 1 is 1.07 bits per heavy atom. The average molecular weight is 397 g/mol. The molecule has 3 N–H and O–H groups in total. The molecule has 29 heavy (non-hydrogen) atoms. The monoisotopic (exact) mass is 396 g/mol. The SMILES string of the molecule is CN=C(NCCOc1ccc(C(C)C)cc1)NCCc1cccc(C(=O)NC)c1. The first-order valence-electron chi connectivity index (χ1n) is 10.0. The largest absolute Gasteiger partial charge is 0.492 e. The van der Waals surface area contributed by atoms with Gasteiger partial charge in [-0.25, -0.2) is 0 Å². The van der Waals surface area contributed by atoms with E-state index in [0.29, 0.717) is 31.2 Å². The zero-order chi connectivity index (χ0) is 21.1. The molecule has 1 amide bonds. The highest BCUT2D eigenvalue weighted by molar-refractivity contribution is 5.94. The molecule has 0 saturated heterocycles. The lowest BCUT2D eigenvalue weighted by Crippen LogP contribution is -2.40. The summed E-state index contributed by atoms with van der Waals surface area (Å²) in [6, 6.07) is 15.9. The Kier molecular flexibility index (Phi) is 9.02. The number of carbonyl (C=O) groups excluding carboxylic acids is 1. The molecule has 0 saturated carbocycles. The van der Waals surface area contributed by atoms with Gasteiger partial charge in [0.15, 0.2) is 5.96 Å². The second-order valence-corrected chi connectivity index (χ2v) is 7.03. The van der Waals surface area contributed by atoms with Crippen LogP contribution in [0, 0.1) is 0 Å². The first-order valence-corrected chi connectivity index (χ1v) is 10.0. The van der Waals surface area contributed by atoms with Crippen LogP contribution in [0.4, 0.5) is 0 Å². The van der Waals surface area contributed by atoms with Crippen LogP contribution in [0.15, 0.2) is 53.5 Å². The van der Waals surface area contributed by atoms with Crippen LogP contribution in [0.1, 0.15) is 41.3 Å². The third kappa shape index (κ3) is 7.49. The van der Waals surface area contributed by atoms with E-state index in [0.717, 1.165) is 23.7 Å². The molecular weight excluding hydrogens is 364 g/mol.